The van der Waals surface area contributed by atoms with Gasteiger partial charge in [-0.3, -0.25) is 0 Å². The van der Waals surface area contributed by atoms with E-state index in [9.17, 15) is 0 Å². The summed E-state index contributed by atoms with van der Waals surface area (Å²) in [4.78, 5) is 1.43. The van der Waals surface area contributed by atoms with Crippen molar-refractivity contribution >= 4 is 16.9 Å². The molecule has 1 N–H and O–H groups in total. The van der Waals surface area contributed by atoms with Crippen molar-refractivity contribution in [2.45, 2.75) is 6.42 Å². The zero-order chi connectivity index (χ0) is 11.9. The number of nitrogens with one attached hydrogen (secondary N) is 1. The molecule has 0 saturated heterocycles. The second kappa shape index (κ2) is 6.38. The van der Waals surface area contributed by atoms with Gasteiger partial charge in [0, 0.05) is 18.0 Å². The van der Waals surface area contributed by atoms with Crippen LogP contribution in [-0.4, -0.2) is 13.1 Å². The summed E-state index contributed by atoms with van der Waals surface area (Å²) in [6.45, 7) is 5.96. The maximum Gasteiger partial charge on any atom is 0.0205 e. The fourth-order valence-electron chi connectivity index (χ4n) is 1.68. The number of hydrogen-bond acceptors (Lipinski definition) is 2. The molecule has 1 aromatic carbocycles. The Morgan fingerprint density at radius 3 is 2.65 bits per heavy atom. The second-order valence-corrected chi connectivity index (χ2v) is 5.01. The molecule has 88 valence electrons. The zero-order valence-corrected chi connectivity index (χ0v) is 10.7. The first kappa shape index (κ1) is 12.1. The van der Waals surface area contributed by atoms with Crippen molar-refractivity contribution in [3.63, 3.8) is 0 Å². The van der Waals surface area contributed by atoms with Crippen molar-refractivity contribution in [1.29, 1.82) is 0 Å². The molecule has 0 radical (unpaired) electrons. The number of rotatable bonds is 6. The van der Waals surface area contributed by atoms with Crippen molar-refractivity contribution in [1.82, 2.24) is 5.32 Å². The summed E-state index contributed by atoms with van der Waals surface area (Å²) in [6, 6.07) is 14.6. The molecule has 0 aliphatic rings. The van der Waals surface area contributed by atoms with Crippen LogP contribution in [0.15, 0.2) is 54.4 Å². The Morgan fingerprint density at radius 1 is 1.12 bits per heavy atom. The summed E-state index contributed by atoms with van der Waals surface area (Å²) < 4.78 is 0. The van der Waals surface area contributed by atoms with Gasteiger partial charge in [0.2, 0.25) is 0 Å². The van der Waals surface area contributed by atoms with E-state index in [1.807, 2.05) is 29.5 Å². The summed E-state index contributed by atoms with van der Waals surface area (Å²) in [6.07, 6.45) is 1.10. The Bertz CT molecular complexity index is 445. The first-order chi connectivity index (χ1) is 8.36. The largest absolute Gasteiger partial charge is 0.312 e. The summed E-state index contributed by atoms with van der Waals surface area (Å²) >= 11 is 1.82. The quantitative estimate of drug-likeness (QED) is 0.764. The summed E-state index contributed by atoms with van der Waals surface area (Å²) in [7, 11) is 0. The number of benzene rings is 1. The van der Waals surface area contributed by atoms with Gasteiger partial charge in [0.05, 0.1) is 0 Å². The van der Waals surface area contributed by atoms with Gasteiger partial charge in [0.25, 0.3) is 0 Å². The monoisotopic (exact) mass is 243 g/mol. The normalized spacial score (nSPS) is 10.4. The van der Waals surface area contributed by atoms with E-state index in [2.05, 4.69) is 41.5 Å². The van der Waals surface area contributed by atoms with E-state index in [0.717, 1.165) is 25.1 Å². The smallest absolute Gasteiger partial charge is 0.0205 e. The van der Waals surface area contributed by atoms with Gasteiger partial charge >= 0.3 is 0 Å². The Kier molecular flexibility index (Phi) is 4.54. The molecular formula is C15H17NS. The molecule has 1 heterocycles. The van der Waals surface area contributed by atoms with Gasteiger partial charge in [-0.15, -0.1) is 11.3 Å². The van der Waals surface area contributed by atoms with Crippen molar-refractivity contribution in [2.75, 3.05) is 13.1 Å². The second-order valence-electron chi connectivity index (χ2n) is 3.98. The third-order valence-corrected chi connectivity index (χ3v) is 3.58. The van der Waals surface area contributed by atoms with Crippen molar-refractivity contribution in [2.24, 2.45) is 0 Å². The maximum absolute atomic E-state index is 4.10. The van der Waals surface area contributed by atoms with Gasteiger partial charge in [0.15, 0.2) is 0 Å². The highest BCUT2D eigenvalue weighted by Gasteiger charge is 1.98. The van der Waals surface area contributed by atoms with Crippen LogP contribution in [0.25, 0.3) is 5.57 Å². The van der Waals surface area contributed by atoms with Crippen molar-refractivity contribution in [3.8, 4) is 0 Å². The highest BCUT2D eigenvalue weighted by Crippen LogP contribution is 2.11. The predicted molar refractivity (Wildman–Crippen MR) is 76.4 cm³/mol. The van der Waals surface area contributed by atoms with E-state index in [-0.39, 0.29) is 0 Å². The predicted octanol–water partition coefficient (Wildman–Crippen LogP) is 3.59. The third-order valence-electron chi connectivity index (χ3n) is 2.65. The molecule has 0 spiro atoms. The van der Waals surface area contributed by atoms with E-state index in [4.69, 9.17) is 0 Å². The molecule has 0 aliphatic carbocycles. The summed E-state index contributed by atoms with van der Waals surface area (Å²) in [5, 5.41) is 5.55. The lowest BCUT2D eigenvalue weighted by atomic mass is 10.1. The van der Waals surface area contributed by atoms with E-state index >= 15 is 0 Å². The highest BCUT2D eigenvalue weighted by molar-refractivity contribution is 7.09. The molecule has 0 unspecified atom stereocenters. The maximum atomic E-state index is 4.10. The van der Waals surface area contributed by atoms with Crippen molar-refractivity contribution < 1.29 is 0 Å². The van der Waals surface area contributed by atoms with E-state index in [0.29, 0.717) is 0 Å². The first-order valence-electron chi connectivity index (χ1n) is 5.82. The van der Waals surface area contributed by atoms with E-state index in [1.165, 1.54) is 10.4 Å². The third kappa shape index (κ3) is 3.84. The standard InChI is InChI=1S/C15H17NS/c1-13(14-6-3-2-4-7-14)12-16-10-9-15-8-5-11-17-15/h2-8,11,16H,1,9-10,12H2. The SMILES string of the molecule is C=C(CNCCc1cccs1)c1ccccc1. The lowest BCUT2D eigenvalue weighted by Crippen LogP contribution is -2.18. The molecule has 0 bridgehead atoms. The highest BCUT2D eigenvalue weighted by atomic mass is 32.1. The van der Waals surface area contributed by atoms with Crippen LogP contribution in [0.5, 0.6) is 0 Å². The first-order valence-corrected chi connectivity index (χ1v) is 6.70. The van der Waals surface area contributed by atoms with Gasteiger partial charge < -0.3 is 5.32 Å². The average molecular weight is 243 g/mol. The molecule has 0 fully saturated rings. The van der Waals surface area contributed by atoms with Gasteiger partial charge in [-0.2, -0.15) is 0 Å². The molecule has 2 aromatic rings. The number of thiophene rings is 1. The van der Waals surface area contributed by atoms with Crippen LogP contribution in [0, 0.1) is 0 Å². The summed E-state index contributed by atoms with van der Waals surface area (Å²) in [5.41, 5.74) is 2.37. The fraction of sp³-hybridized carbons (Fsp3) is 0.200. The van der Waals surface area contributed by atoms with Gasteiger partial charge in [-0.1, -0.05) is 43.0 Å². The minimum atomic E-state index is 0.857. The molecule has 0 atom stereocenters. The van der Waals surface area contributed by atoms with Crippen LogP contribution in [0.4, 0.5) is 0 Å². The molecule has 1 nitrogen and oxygen atoms in total. The Hall–Kier alpha value is -1.38. The molecular weight excluding hydrogens is 226 g/mol. The van der Waals surface area contributed by atoms with Gasteiger partial charge in [0.1, 0.15) is 0 Å². The minimum Gasteiger partial charge on any atom is -0.312 e. The summed E-state index contributed by atoms with van der Waals surface area (Å²) in [5.74, 6) is 0. The zero-order valence-electron chi connectivity index (χ0n) is 9.86. The van der Waals surface area contributed by atoms with E-state index in [1.54, 1.807) is 0 Å². The van der Waals surface area contributed by atoms with Crippen LogP contribution in [0.2, 0.25) is 0 Å². The van der Waals surface area contributed by atoms with Crippen LogP contribution >= 0.6 is 11.3 Å². The van der Waals surface area contributed by atoms with E-state index < -0.39 is 0 Å². The Morgan fingerprint density at radius 2 is 1.94 bits per heavy atom. The molecule has 2 heteroatoms. The molecule has 1 aromatic heterocycles. The molecule has 0 aliphatic heterocycles. The topological polar surface area (TPSA) is 12.0 Å². The lowest BCUT2D eigenvalue weighted by molar-refractivity contribution is 0.757. The van der Waals surface area contributed by atoms with Gasteiger partial charge in [-0.25, -0.2) is 0 Å². The number of hydrogen-bond donors (Lipinski definition) is 1. The molecule has 0 saturated carbocycles. The van der Waals surface area contributed by atoms with Crippen LogP contribution in [0.3, 0.4) is 0 Å². The molecule has 17 heavy (non-hydrogen) atoms. The Labute approximate surface area is 107 Å². The van der Waals surface area contributed by atoms with Crippen LogP contribution < -0.4 is 5.32 Å². The van der Waals surface area contributed by atoms with Gasteiger partial charge in [-0.05, 0) is 29.0 Å². The molecule has 0 amide bonds. The lowest BCUT2D eigenvalue weighted by Gasteiger charge is -2.07. The van der Waals surface area contributed by atoms with Crippen LogP contribution in [-0.2, 0) is 6.42 Å². The molecule has 2 rings (SSSR count). The average Bonchev–Trinajstić information content (AvgIpc) is 2.88. The van der Waals surface area contributed by atoms with Crippen molar-refractivity contribution in [3.05, 3.63) is 64.9 Å². The fourth-order valence-corrected chi connectivity index (χ4v) is 2.39. The minimum absolute atomic E-state index is 0.857. The Balaban J connectivity index is 1.70. The van der Waals surface area contributed by atoms with Crippen LogP contribution in [0.1, 0.15) is 10.4 Å².